The average molecular weight is 195 g/mol. The number of carbonyl (C=O) groups excluding carboxylic acids is 1. The molecule has 0 aliphatic heterocycles. The number of hydrogen-bond donors (Lipinski definition) is 1. The largest absolute Gasteiger partial charge is 0.464 e. The van der Waals surface area contributed by atoms with Crippen molar-refractivity contribution in [2.75, 3.05) is 12.4 Å². The quantitative estimate of drug-likeness (QED) is 0.731. The van der Waals surface area contributed by atoms with Crippen LogP contribution in [0.1, 0.15) is 24.3 Å². The maximum absolute atomic E-state index is 11.0. The normalized spacial score (nSPS) is 10.0. The van der Waals surface area contributed by atoms with Crippen molar-refractivity contribution in [2.45, 2.75) is 19.9 Å². The summed E-state index contributed by atoms with van der Waals surface area (Å²) >= 11 is 0. The fourth-order valence-electron chi connectivity index (χ4n) is 0.918. The molecule has 0 aliphatic carbocycles. The molecule has 1 rings (SSSR count). The summed E-state index contributed by atoms with van der Waals surface area (Å²) in [5, 5.41) is 10.6. The Kier molecular flexibility index (Phi) is 3.39. The van der Waals surface area contributed by atoms with Gasteiger partial charge in [-0.15, -0.1) is 10.2 Å². The van der Waals surface area contributed by atoms with Crippen LogP contribution in [0.25, 0.3) is 0 Å². The van der Waals surface area contributed by atoms with E-state index < -0.39 is 5.97 Å². The molecule has 0 saturated heterocycles. The van der Waals surface area contributed by atoms with Gasteiger partial charge < -0.3 is 10.1 Å². The Balaban J connectivity index is 2.73. The van der Waals surface area contributed by atoms with Gasteiger partial charge in [0.2, 0.25) is 0 Å². The molecular weight excluding hydrogens is 182 g/mol. The summed E-state index contributed by atoms with van der Waals surface area (Å²) < 4.78 is 4.50. The average Bonchev–Trinajstić information content (AvgIpc) is 2.17. The van der Waals surface area contributed by atoms with Crippen molar-refractivity contribution in [3.05, 3.63) is 17.8 Å². The Morgan fingerprint density at radius 3 is 2.57 bits per heavy atom. The van der Waals surface area contributed by atoms with Crippen LogP contribution in [0.3, 0.4) is 0 Å². The van der Waals surface area contributed by atoms with E-state index in [-0.39, 0.29) is 11.7 Å². The van der Waals surface area contributed by atoms with E-state index in [0.29, 0.717) is 5.82 Å². The van der Waals surface area contributed by atoms with E-state index in [1.54, 1.807) is 12.1 Å². The van der Waals surface area contributed by atoms with Crippen molar-refractivity contribution in [3.8, 4) is 0 Å². The van der Waals surface area contributed by atoms with Gasteiger partial charge in [-0.3, -0.25) is 0 Å². The number of anilines is 1. The minimum atomic E-state index is -0.478. The Labute approximate surface area is 82.5 Å². The van der Waals surface area contributed by atoms with Crippen LogP contribution in [-0.4, -0.2) is 29.3 Å². The first-order valence-electron chi connectivity index (χ1n) is 4.32. The lowest BCUT2D eigenvalue weighted by atomic mass is 10.3. The molecule has 76 valence electrons. The van der Waals surface area contributed by atoms with Crippen LogP contribution in [-0.2, 0) is 4.74 Å². The molecule has 5 nitrogen and oxygen atoms in total. The molecule has 5 heteroatoms. The van der Waals surface area contributed by atoms with Crippen LogP contribution in [0.15, 0.2) is 12.1 Å². The third kappa shape index (κ3) is 2.69. The molecule has 0 aliphatic rings. The fourth-order valence-corrected chi connectivity index (χ4v) is 0.918. The van der Waals surface area contributed by atoms with Gasteiger partial charge in [0, 0.05) is 6.04 Å². The molecule has 0 amide bonds. The summed E-state index contributed by atoms with van der Waals surface area (Å²) in [4.78, 5) is 11.0. The Hall–Kier alpha value is -1.65. The molecule has 14 heavy (non-hydrogen) atoms. The summed E-state index contributed by atoms with van der Waals surface area (Å²) in [6.45, 7) is 3.99. The number of esters is 1. The van der Waals surface area contributed by atoms with Gasteiger partial charge in [0.05, 0.1) is 7.11 Å². The van der Waals surface area contributed by atoms with Crippen LogP contribution in [0.5, 0.6) is 0 Å². The predicted octanol–water partition coefficient (Wildman–Crippen LogP) is 1.08. The van der Waals surface area contributed by atoms with Crippen LogP contribution >= 0.6 is 0 Å². The van der Waals surface area contributed by atoms with Crippen LogP contribution in [0.4, 0.5) is 5.82 Å². The van der Waals surface area contributed by atoms with Crippen molar-refractivity contribution in [3.63, 3.8) is 0 Å². The zero-order chi connectivity index (χ0) is 10.6. The van der Waals surface area contributed by atoms with E-state index in [0.717, 1.165) is 0 Å². The van der Waals surface area contributed by atoms with Crippen molar-refractivity contribution in [2.24, 2.45) is 0 Å². The van der Waals surface area contributed by atoms with E-state index in [4.69, 9.17) is 0 Å². The first kappa shape index (κ1) is 10.4. The molecule has 0 spiro atoms. The first-order valence-corrected chi connectivity index (χ1v) is 4.32. The van der Waals surface area contributed by atoms with Crippen molar-refractivity contribution in [1.29, 1.82) is 0 Å². The van der Waals surface area contributed by atoms with Gasteiger partial charge in [-0.2, -0.15) is 0 Å². The lowest BCUT2D eigenvalue weighted by molar-refractivity contribution is 0.0593. The standard InChI is InChI=1S/C9H13N3O2/c1-6(2)10-8-5-4-7(11-12-8)9(13)14-3/h4-6H,1-3H3,(H,10,12). The van der Waals surface area contributed by atoms with Crippen LogP contribution in [0.2, 0.25) is 0 Å². The van der Waals surface area contributed by atoms with Gasteiger partial charge in [0.25, 0.3) is 0 Å². The second kappa shape index (κ2) is 4.55. The maximum Gasteiger partial charge on any atom is 0.358 e. The van der Waals surface area contributed by atoms with Crippen LogP contribution in [0, 0.1) is 0 Å². The Morgan fingerprint density at radius 2 is 2.14 bits per heavy atom. The lowest BCUT2D eigenvalue weighted by Gasteiger charge is -2.07. The molecule has 0 radical (unpaired) electrons. The molecular formula is C9H13N3O2. The van der Waals surface area contributed by atoms with E-state index in [9.17, 15) is 4.79 Å². The van der Waals surface area contributed by atoms with Gasteiger partial charge in [-0.1, -0.05) is 0 Å². The molecule has 1 N–H and O–H groups in total. The van der Waals surface area contributed by atoms with Gasteiger partial charge in [0.1, 0.15) is 5.82 Å². The molecule has 0 unspecified atom stereocenters. The minimum Gasteiger partial charge on any atom is -0.464 e. The third-order valence-electron chi connectivity index (χ3n) is 1.50. The number of rotatable bonds is 3. The molecule has 0 bridgehead atoms. The van der Waals surface area contributed by atoms with Gasteiger partial charge in [-0.25, -0.2) is 4.79 Å². The lowest BCUT2D eigenvalue weighted by Crippen LogP contribution is -2.13. The fraction of sp³-hybridized carbons (Fsp3) is 0.444. The summed E-state index contributed by atoms with van der Waals surface area (Å²) in [6.07, 6.45) is 0. The SMILES string of the molecule is COC(=O)c1ccc(NC(C)C)nn1. The third-order valence-corrected chi connectivity index (χ3v) is 1.50. The molecule has 0 atom stereocenters. The summed E-state index contributed by atoms with van der Waals surface area (Å²) in [7, 11) is 1.31. The molecule has 0 aromatic carbocycles. The highest BCUT2D eigenvalue weighted by Gasteiger charge is 2.07. The Morgan fingerprint density at radius 1 is 1.43 bits per heavy atom. The smallest absolute Gasteiger partial charge is 0.358 e. The number of nitrogens with one attached hydrogen (secondary N) is 1. The number of ether oxygens (including phenoxy) is 1. The van der Waals surface area contributed by atoms with Crippen LogP contribution < -0.4 is 5.32 Å². The highest BCUT2D eigenvalue weighted by Crippen LogP contribution is 2.04. The Bertz CT molecular complexity index is 308. The zero-order valence-electron chi connectivity index (χ0n) is 8.44. The molecule has 1 heterocycles. The summed E-state index contributed by atoms with van der Waals surface area (Å²) in [5.74, 6) is 0.168. The number of carbonyl (C=O) groups is 1. The van der Waals surface area contributed by atoms with Gasteiger partial charge in [0.15, 0.2) is 5.69 Å². The zero-order valence-corrected chi connectivity index (χ0v) is 8.44. The van der Waals surface area contributed by atoms with Crippen molar-refractivity contribution in [1.82, 2.24) is 10.2 Å². The van der Waals surface area contributed by atoms with Gasteiger partial charge in [-0.05, 0) is 26.0 Å². The number of hydrogen-bond acceptors (Lipinski definition) is 5. The first-order chi connectivity index (χ1) is 6.63. The molecule has 1 aromatic rings. The second-order valence-electron chi connectivity index (χ2n) is 3.09. The molecule has 1 aromatic heterocycles. The minimum absolute atomic E-state index is 0.210. The second-order valence-corrected chi connectivity index (χ2v) is 3.09. The highest BCUT2D eigenvalue weighted by atomic mass is 16.5. The monoisotopic (exact) mass is 195 g/mol. The van der Waals surface area contributed by atoms with E-state index in [1.165, 1.54) is 7.11 Å². The molecule has 0 fully saturated rings. The number of aromatic nitrogens is 2. The van der Waals surface area contributed by atoms with E-state index in [1.807, 2.05) is 13.8 Å². The number of methoxy groups -OCH3 is 1. The number of nitrogens with zero attached hydrogens (tertiary/aromatic N) is 2. The maximum atomic E-state index is 11.0. The topological polar surface area (TPSA) is 64.1 Å². The van der Waals surface area contributed by atoms with E-state index in [2.05, 4.69) is 20.3 Å². The molecule has 0 saturated carbocycles. The van der Waals surface area contributed by atoms with Crippen molar-refractivity contribution >= 4 is 11.8 Å². The summed E-state index contributed by atoms with van der Waals surface area (Å²) in [6, 6.07) is 3.55. The highest BCUT2D eigenvalue weighted by molar-refractivity contribution is 5.86. The van der Waals surface area contributed by atoms with Crippen molar-refractivity contribution < 1.29 is 9.53 Å². The van der Waals surface area contributed by atoms with E-state index >= 15 is 0 Å². The summed E-state index contributed by atoms with van der Waals surface area (Å²) in [5.41, 5.74) is 0.210. The predicted molar refractivity (Wildman–Crippen MR) is 52.1 cm³/mol. The van der Waals surface area contributed by atoms with Gasteiger partial charge >= 0.3 is 5.97 Å².